The Morgan fingerprint density at radius 3 is 2.40 bits per heavy atom. The summed E-state index contributed by atoms with van der Waals surface area (Å²) < 4.78 is 18.6. The highest BCUT2D eigenvalue weighted by Gasteiger charge is 2.15. The molecule has 0 aliphatic heterocycles. The molecule has 2 aromatic rings. The zero-order valence-corrected chi connectivity index (χ0v) is 12.2. The van der Waals surface area contributed by atoms with E-state index in [4.69, 9.17) is 16.3 Å². The molecule has 1 atom stereocenters. The Bertz CT molecular complexity index is 571. The first-order chi connectivity index (χ1) is 9.65. The summed E-state index contributed by atoms with van der Waals surface area (Å²) in [5.41, 5.74) is 2.03. The number of hydrogen-bond donors (Lipinski definition) is 1. The lowest BCUT2D eigenvalue weighted by Gasteiger charge is -2.20. The Labute approximate surface area is 123 Å². The van der Waals surface area contributed by atoms with Gasteiger partial charge in [-0.2, -0.15) is 0 Å². The van der Waals surface area contributed by atoms with Crippen LogP contribution in [-0.4, -0.2) is 13.7 Å². The smallest absolute Gasteiger partial charge is 0.165 e. The molecule has 0 heterocycles. The molecule has 2 nitrogen and oxygen atoms in total. The number of benzene rings is 2. The Balaban J connectivity index is 2.39. The van der Waals surface area contributed by atoms with Gasteiger partial charge in [0.1, 0.15) is 0 Å². The molecule has 0 saturated heterocycles. The fourth-order valence-corrected chi connectivity index (χ4v) is 2.27. The van der Waals surface area contributed by atoms with E-state index in [0.717, 1.165) is 17.7 Å². The summed E-state index contributed by atoms with van der Waals surface area (Å²) in [4.78, 5) is 0. The molecule has 0 aliphatic carbocycles. The van der Waals surface area contributed by atoms with Crippen LogP contribution in [0.15, 0.2) is 42.5 Å². The molecule has 0 spiro atoms. The van der Waals surface area contributed by atoms with Crippen LogP contribution in [0.4, 0.5) is 4.39 Å². The summed E-state index contributed by atoms with van der Waals surface area (Å²) in [5, 5.41) is 4.08. The van der Waals surface area contributed by atoms with Crippen molar-refractivity contribution in [2.45, 2.75) is 13.0 Å². The number of methoxy groups -OCH3 is 1. The molecular weight excluding hydrogens is 277 g/mol. The molecule has 1 unspecified atom stereocenters. The van der Waals surface area contributed by atoms with Crippen molar-refractivity contribution in [1.29, 1.82) is 0 Å². The minimum absolute atomic E-state index is 0.0215. The SMILES string of the molecule is CCNC(c1ccc(Cl)cc1)c1ccc(F)c(OC)c1. The van der Waals surface area contributed by atoms with Crippen LogP contribution in [0.1, 0.15) is 24.1 Å². The van der Waals surface area contributed by atoms with Gasteiger partial charge < -0.3 is 10.1 Å². The molecule has 0 amide bonds. The maximum atomic E-state index is 13.5. The molecule has 0 aliphatic rings. The first-order valence-corrected chi connectivity index (χ1v) is 6.85. The van der Waals surface area contributed by atoms with E-state index in [-0.39, 0.29) is 17.6 Å². The summed E-state index contributed by atoms with van der Waals surface area (Å²) in [6, 6.07) is 12.5. The van der Waals surface area contributed by atoms with Gasteiger partial charge in [-0.3, -0.25) is 0 Å². The highest BCUT2D eigenvalue weighted by Crippen LogP contribution is 2.27. The van der Waals surface area contributed by atoms with Gasteiger partial charge in [0.05, 0.1) is 13.2 Å². The quantitative estimate of drug-likeness (QED) is 0.892. The maximum Gasteiger partial charge on any atom is 0.165 e. The molecule has 0 bridgehead atoms. The van der Waals surface area contributed by atoms with E-state index in [2.05, 4.69) is 5.32 Å². The fourth-order valence-electron chi connectivity index (χ4n) is 2.14. The van der Waals surface area contributed by atoms with Crippen LogP contribution in [0.25, 0.3) is 0 Å². The largest absolute Gasteiger partial charge is 0.494 e. The molecule has 2 aromatic carbocycles. The van der Waals surface area contributed by atoms with Gasteiger partial charge in [-0.25, -0.2) is 4.39 Å². The molecule has 0 fully saturated rings. The van der Waals surface area contributed by atoms with Crippen LogP contribution < -0.4 is 10.1 Å². The van der Waals surface area contributed by atoms with Gasteiger partial charge in [-0.1, -0.05) is 36.7 Å². The van der Waals surface area contributed by atoms with E-state index in [1.807, 2.05) is 31.2 Å². The molecule has 4 heteroatoms. The Morgan fingerprint density at radius 2 is 1.80 bits per heavy atom. The van der Waals surface area contributed by atoms with Crippen molar-refractivity contribution in [2.24, 2.45) is 0 Å². The molecule has 0 radical (unpaired) electrons. The molecule has 2 rings (SSSR count). The van der Waals surface area contributed by atoms with Crippen LogP contribution in [0.3, 0.4) is 0 Å². The number of rotatable bonds is 5. The van der Waals surface area contributed by atoms with E-state index in [1.165, 1.54) is 13.2 Å². The van der Waals surface area contributed by atoms with Gasteiger partial charge in [0.15, 0.2) is 11.6 Å². The lowest BCUT2D eigenvalue weighted by atomic mass is 9.98. The predicted molar refractivity (Wildman–Crippen MR) is 79.9 cm³/mol. The summed E-state index contributed by atoms with van der Waals surface area (Å²) in [7, 11) is 1.47. The van der Waals surface area contributed by atoms with Crippen LogP contribution in [0.2, 0.25) is 5.02 Å². The minimum atomic E-state index is -0.359. The fraction of sp³-hybridized carbons (Fsp3) is 0.250. The number of halogens is 2. The second-order valence-corrected chi connectivity index (χ2v) is 4.87. The van der Waals surface area contributed by atoms with Crippen molar-refractivity contribution in [3.63, 3.8) is 0 Å². The van der Waals surface area contributed by atoms with Crippen molar-refractivity contribution >= 4 is 11.6 Å². The average molecular weight is 294 g/mol. The van der Waals surface area contributed by atoms with Gasteiger partial charge in [-0.15, -0.1) is 0 Å². The summed E-state index contributed by atoms with van der Waals surface area (Å²) >= 11 is 5.92. The Hall–Kier alpha value is -1.58. The summed E-state index contributed by atoms with van der Waals surface area (Å²) in [6.45, 7) is 2.83. The Kier molecular flexibility index (Phi) is 4.99. The average Bonchev–Trinajstić information content (AvgIpc) is 2.47. The third kappa shape index (κ3) is 3.30. The van der Waals surface area contributed by atoms with E-state index in [1.54, 1.807) is 12.1 Å². The molecule has 106 valence electrons. The first-order valence-electron chi connectivity index (χ1n) is 6.48. The van der Waals surface area contributed by atoms with E-state index in [9.17, 15) is 4.39 Å². The van der Waals surface area contributed by atoms with Crippen LogP contribution in [-0.2, 0) is 0 Å². The predicted octanol–water partition coefficient (Wildman–Crippen LogP) is 4.19. The first kappa shape index (κ1) is 14.8. The van der Waals surface area contributed by atoms with E-state index in [0.29, 0.717) is 5.02 Å². The lowest BCUT2D eigenvalue weighted by molar-refractivity contribution is 0.385. The van der Waals surface area contributed by atoms with E-state index >= 15 is 0 Å². The molecular formula is C16H17ClFNO. The van der Waals surface area contributed by atoms with Crippen molar-refractivity contribution in [1.82, 2.24) is 5.32 Å². The minimum Gasteiger partial charge on any atom is -0.494 e. The van der Waals surface area contributed by atoms with Gasteiger partial charge in [0, 0.05) is 5.02 Å². The van der Waals surface area contributed by atoms with Gasteiger partial charge in [0.25, 0.3) is 0 Å². The second-order valence-electron chi connectivity index (χ2n) is 4.44. The van der Waals surface area contributed by atoms with Crippen LogP contribution in [0.5, 0.6) is 5.75 Å². The normalized spacial score (nSPS) is 12.2. The molecule has 20 heavy (non-hydrogen) atoms. The lowest BCUT2D eigenvalue weighted by Crippen LogP contribution is -2.22. The van der Waals surface area contributed by atoms with Crippen molar-refractivity contribution in [3.05, 3.63) is 64.4 Å². The number of nitrogens with one attached hydrogen (secondary N) is 1. The van der Waals surface area contributed by atoms with Crippen LogP contribution >= 0.6 is 11.6 Å². The zero-order chi connectivity index (χ0) is 14.5. The number of ether oxygens (including phenoxy) is 1. The van der Waals surface area contributed by atoms with Gasteiger partial charge in [-0.05, 0) is 41.9 Å². The molecule has 1 N–H and O–H groups in total. The highest BCUT2D eigenvalue weighted by atomic mass is 35.5. The molecule has 0 saturated carbocycles. The zero-order valence-electron chi connectivity index (χ0n) is 11.5. The van der Waals surface area contributed by atoms with Crippen molar-refractivity contribution < 1.29 is 9.13 Å². The van der Waals surface area contributed by atoms with E-state index < -0.39 is 0 Å². The third-order valence-corrected chi connectivity index (χ3v) is 3.37. The maximum absolute atomic E-state index is 13.5. The van der Waals surface area contributed by atoms with Gasteiger partial charge >= 0.3 is 0 Å². The second kappa shape index (κ2) is 6.73. The number of hydrogen-bond acceptors (Lipinski definition) is 2. The standard InChI is InChI=1S/C16H17ClFNO/c1-3-19-16(11-4-7-13(17)8-5-11)12-6-9-14(18)15(10-12)20-2/h4-10,16,19H,3H2,1-2H3. The summed E-state index contributed by atoms with van der Waals surface area (Å²) in [6.07, 6.45) is 0. The third-order valence-electron chi connectivity index (χ3n) is 3.12. The molecule has 0 aromatic heterocycles. The topological polar surface area (TPSA) is 21.3 Å². The van der Waals surface area contributed by atoms with Gasteiger partial charge in [0.2, 0.25) is 0 Å². The van der Waals surface area contributed by atoms with Crippen LogP contribution in [0, 0.1) is 5.82 Å². The monoisotopic (exact) mass is 293 g/mol. The van der Waals surface area contributed by atoms with Crippen molar-refractivity contribution in [3.8, 4) is 5.75 Å². The Morgan fingerprint density at radius 1 is 1.15 bits per heavy atom. The highest BCUT2D eigenvalue weighted by molar-refractivity contribution is 6.30. The summed E-state index contributed by atoms with van der Waals surface area (Å²) in [5.74, 6) is -0.109. The van der Waals surface area contributed by atoms with Crippen molar-refractivity contribution in [2.75, 3.05) is 13.7 Å².